The molecule has 0 spiro atoms. The summed E-state index contributed by atoms with van der Waals surface area (Å²) >= 11 is 0. The SMILES string of the molecule is CCc1c(C(=O)O)ccc(C2CC2)c1[S@](=O)CC. The normalized spacial score (nSPS) is 16.6. The smallest absolute Gasteiger partial charge is 0.336 e. The van der Waals surface area contributed by atoms with Crippen molar-refractivity contribution in [2.45, 2.75) is 43.9 Å². The Labute approximate surface area is 110 Å². The van der Waals surface area contributed by atoms with Crippen LogP contribution in [0, 0.1) is 0 Å². The van der Waals surface area contributed by atoms with Gasteiger partial charge in [-0.2, -0.15) is 0 Å². The van der Waals surface area contributed by atoms with Gasteiger partial charge in [-0.15, -0.1) is 0 Å². The van der Waals surface area contributed by atoms with Gasteiger partial charge in [0, 0.05) is 10.6 Å². The summed E-state index contributed by atoms with van der Waals surface area (Å²) in [5.41, 5.74) is 2.17. The summed E-state index contributed by atoms with van der Waals surface area (Å²) in [6.07, 6.45) is 2.87. The summed E-state index contributed by atoms with van der Waals surface area (Å²) < 4.78 is 12.2. The van der Waals surface area contributed by atoms with Crippen molar-refractivity contribution in [2.24, 2.45) is 0 Å². The summed E-state index contributed by atoms with van der Waals surface area (Å²) in [5.74, 6) is 0.0997. The molecule has 4 heteroatoms. The van der Waals surface area contributed by atoms with Gasteiger partial charge in [-0.3, -0.25) is 4.21 Å². The van der Waals surface area contributed by atoms with E-state index in [1.165, 1.54) is 0 Å². The molecular formula is C14H18O3S. The largest absolute Gasteiger partial charge is 0.478 e. The molecule has 0 aliphatic heterocycles. The van der Waals surface area contributed by atoms with Gasteiger partial charge in [-0.05, 0) is 42.4 Å². The topological polar surface area (TPSA) is 54.4 Å². The molecule has 1 saturated carbocycles. The Morgan fingerprint density at radius 1 is 1.39 bits per heavy atom. The second kappa shape index (κ2) is 5.22. The number of hydrogen-bond donors (Lipinski definition) is 1. The Bertz CT molecular complexity index is 504. The van der Waals surface area contributed by atoms with E-state index in [4.69, 9.17) is 0 Å². The Morgan fingerprint density at radius 2 is 2.06 bits per heavy atom. The Hall–Kier alpha value is -1.16. The summed E-state index contributed by atoms with van der Waals surface area (Å²) in [7, 11) is -1.08. The van der Waals surface area contributed by atoms with Crippen LogP contribution in [-0.4, -0.2) is 21.0 Å². The second-order valence-electron chi connectivity index (χ2n) is 4.58. The summed E-state index contributed by atoms with van der Waals surface area (Å²) in [5, 5.41) is 9.22. The molecule has 1 fully saturated rings. The molecular weight excluding hydrogens is 248 g/mol. The highest BCUT2D eigenvalue weighted by molar-refractivity contribution is 7.85. The Kier molecular flexibility index (Phi) is 3.85. The average molecular weight is 266 g/mol. The maximum absolute atomic E-state index is 12.2. The minimum atomic E-state index is -1.08. The number of carboxylic acids is 1. The molecule has 1 aromatic rings. The predicted octanol–water partition coefficient (Wildman–Crippen LogP) is 2.95. The van der Waals surface area contributed by atoms with Crippen molar-refractivity contribution in [3.63, 3.8) is 0 Å². The van der Waals surface area contributed by atoms with E-state index >= 15 is 0 Å². The van der Waals surface area contributed by atoms with Gasteiger partial charge in [0.1, 0.15) is 0 Å². The number of carboxylic acid groups (broad SMARTS) is 1. The van der Waals surface area contributed by atoms with Crippen molar-refractivity contribution in [1.82, 2.24) is 0 Å². The number of aromatic carboxylic acids is 1. The lowest BCUT2D eigenvalue weighted by atomic mass is 9.99. The molecule has 0 amide bonds. The molecule has 98 valence electrons. The molecule has 0 heterocycles. The van der Waals surface area contributed by atoms with E-state index < -0.39 is 16.8 Å². The molecule has 0 aromatic heterocycles. The molecule has 1 N–H and O–H groups in total. The third kappa shape index (κ3) is 2.34. The first-order chi connectivity index (χ1) is 8.60. The fraction of sp³-hybridized carbons (Fsp3) is 0.500. The highest BCUT2D eigenvalue weighted by atomic mass is 32.2. The number of hydrogen-bond acceptors (Lipinski definition) is 2. The van der Waals surface area contributed by atoms with Gasteiger partial charge in [0.05, 0.1) is 16.4 Å². The summed E-state index contributed by atoms with van der Waals surface area (Å²) in [6.45, 7) is 3.80. The van der Waals surface area contributed by atoms with Crippen LogP contribution in [0.1, 0.15) is 54.1 Å². The maximum atomic E-state index is 12.2. The zero-order chi connectivity index (χ0) is 13.3. The van der Waals surface area contributed by atoms with E-state index in [2.05, 4.69) is 0 Å². The first kappa shape index (κ1) is 13.3. The molecule has 1 aromatic carbocycles. The van der Waals surface area contributed by atoms with Gasteiger partial charge in [0.2, 0.25) is 0 Å². The molecule has 1 aliphatic carbocycles. The fourth-order valence-corrected chi connectivity index (χ4v) is 3.64. The molecule has 3 nitrogen and oxygen atoms in total. The van der Waals surface area contributed by atoms with Gasteiger partial charge < -0.3 is 5.11 Å². The maximum Gasteiger partial charge on any atom is 0.336 e. The van der Waals surface area contributed by atoms with Crippen LogP contribution in [0.5, 0.6) is 0 Å². The highest BCUT2D eigenvalue weighted by Gasteiger charge is 2.30. The number of carbonyl (C=O) groups is 1. The third-order valence-electron chi connectivity index (χ3n) is 3.38. The highest BCUT2D eigenvalue weighted by Crippen LogP contribution is 2.44. The lowest BCUT2D eigenvalue weighted by Gasteiger charge is -2.15. The molecule has 1 atom stereocenters. The van der Waals surface area contributed by atoms with Crippen molar-refractivity contribution < 1.29 is 14.1 Å². The second-order valence-corrected chi connectivity index (χ2v) is 6.25. The standard InChI is InChI=1S/C14H18O3S/c1-3-10-12(14(15)16)8-7-11(9-5-6-9)13(10)18(17)4-2/h7-9H,3-6H2,1-2H3,(H,15,16)/t18-/m1/s1. The molecule has 18 heavy (non-hydrogen) atoms. The number of rotatable bonds is 5. The lowest BCUT2D eigenvalue weighted by Crippen LogP contribution is -2.10. The van der Waals surface area contributed by atoms with Gasteiger partial charge in [0.25, 0.3) is 0 Å². The van der Waals surface area contributed by atoms with Gasteiger partial charge in [-0.25, -0.2) is 4.79 Å². The van der Waals surface area contributed by atoms with E-state index in [1.54, 1.807) is 6.07 Å². The first-order valence-electron chi connectivity index (χ1n) is 6.37. The van der Waals surface area contributed by atoms with E-state index in [0.717, 1.165) is 28.9 Å². The van der Waals surface area contributed by atoms with Gasteiger partial charge in [-0.1, -0.05) is 19.9 Å². The van der Waals surface area contributed by atoms with Crippen LogP contribution in [0.25, 0.3) is 0 Å². The molecule has 1 aliphatic rings. The van der Waals surface area contributed by atoms with Crippen molar-refractivity contribution in [3.8, 4) is 0 Å². The molecule has 0 unspecified atom stereocenters. The molecule has 0 bridgehead atoms. The fourth-order valence-electron chi connectivity index (χ4n) is 2.33. The van der Waals surface area contributed by atoms with Crippen LogP contribution in [0.15, 0.2) is 17.0 Å². The van der Waals surface area contributed by atoms with E-state index in [0.29, 0.717) is 23.7 Å². The summed E-state index contributed by atoms with van der Waals surface area (Å²) in [6, 6.07) is 3.54. The Balaban J connectivity index is 2.64. The molecule has 0 saturated heterocycles. The Morgan fingerprint density at radius 3 is 2.50 bits per heavy atom. The zero-order valence-electron chi connectivity index (χ0n) is 10.7. The van der Waals surface area contributed by atoms with E-state index in [9.17, 15) is 14.1 Å². The summed E-state index contributed by atoms with van der Waals surface area (Å²) in [4.78, 5) is 12.0. The quantitative estimate of drug-likeness (QED) is 0.891. The molecule has 0 radical (unpaired) electrons. The van der Waals surface area contributed by atoms with Crippen molar-refractivity contribution in [2.75, 3.05) is 5.75 Å². The van der Waals surface area contributed by atoms with Crippen LogP contribution < -0.4 is 0 Å². The molecule has 2 rings (SSSR count). The number of benzene rings is 1. The third-order valence-corrected chi connectivity index (χ3v) is 4.84. The van der Waals surface area contributed by atoms with Crippen molar-refractivity contribution in [1.29, 1.82) is 0 Å². The zero-order valence-corrected chi connectivity index (χ0v) is 11.5. The van der Waals surface area contributed by atoms with Crippen LogP contribution in [0.4, 0.5) is 0 Å². The van der Waals surface area contributed by atoms with Crippen molar-refractivity contribution in [3.05, 3.63) is 28.8 Å². The minimum Gasteiger partial charge on any atom is -0.478 e. The van der Waals surface area contributed by atoms with Crippen LogP contribution in [-0.2, 0) is 17.2 Å². The van der Waals surface area contributed by atoms with Crippen LogP contribution in [0.3, 0.4) is 0 Å². The van der Waals surface area contributed by atoms with Gasteiger partial charge in [0.15, 0.2) is 0 Å². The predicted molar refractivity (Wildman–Crippen MR) is 71.7 cm³/mol. The lowest BCUT2D eigenvalue weighted by molar-refractivity contribution is 0.0695. The van der Waals surface area contributed by atoms with Crippen LogP contribution >= 0.6 is 0 Å². The van der Waals surface area contributed by atoms with Gasteiger partial charge >= 0.3 is 5.97 Å². The average Bonchev–Trinajstić information content (AvgIpc) is 3.19. The van der Waals surface area contributed by atoms with Crippen LogP contribution in [0.2, 0.25) is 0 Å². The van der Waals surface area contributed by atoms with E-state index in [-0.39, 0.29) is 0 Å². The monoisotopic (exact) mass is 266 g/mol. The van der Waals surface area contributed by atoms with Crippen molar-refractivity contribution >= 4 is 16.8 Å². The van der Waals surface area contributed by atoms with E-state index in [1.807, 2.05) is 19.9 Å². The first-order valence-corrected chi connectivity index (χ1v) is 7.69. The minimum absolute atomic E-state index is 0.304.